The first kappa shape index (κ1) is 19.0. The van der Waals surface area contributed by atoms with E-state index >= 15 is 0 Å². The predicted molar refractivity (Wildman–Crippen MR) is 99.6 cm³/mol. The van der Waals surface area contributed by atoms with Gasteiger partial charge in [-0.1, -0.05) is 18.2 Å². The summed E-state index contributed by atoms with van der Waals surface area (Å²) in [6, 6.07) is 10.5. The first-order chi connectivity index (χ1) is 14.0. The first-order valence-electron chi connectivity index (χ1n) is 8.79. The fourth-order valence-corrected chi connectivity index (χ4v) is 3.34. The van der Waals surface area contributed by atoms with Gasteiger partial charge in [0.25, 0.3) is 5.91 Å². The number of nitrogens with one attached hydrogen (secondary N) is 1. The molecule has 3 aromatic rings. The lowest BCUT2D eigenvalue weighted by Crippen LogP contribution is -2.33. The lowest BCUT2D eigenvalue weighted by atomic mass is 10.1. The summed E-state index contributed by atoms with van der Waals surface area (Å²) in [4.78, 5) is 20.8. The van der Waals surface area contributed by atoms with Gasteiger partial charge in [0.15, 0.2) is 6.23 Å². The Balaban J connectivity index is 1.76. The first-order valence-corrected chi connectivity index (χ1v) is 8.79. The fraction of sp³-hybridized carbons (Fsp3) is 0.263. The Morgan fingerprint density at radius 3 is 2.66 bits per heavy atom. The smallest absolute Gasteiger partial charge is 0.256 e. The average molecular weight is 395 g/mol. The molecule has 0 unspecified atom stereocenters. The van der Waals surface area contributed by atoms with Gasteiger partial charge in [-0.05, 0) is 12.1 Å². The normalized spacial score (nSPS) is 23.8. The van der Waals surface area contributed by atoms with Gasteiger partial charge < -0.3 is 29.9 Å². The molecule has 10 heteroatoms. The number of carbonyl (C=O) groups is 1. The van der Waals surface area contributed by atoms with Gasteiger partial charge in [-0.3, -0.25) is 4.79 Å². The van der Waals surface area contributed by atoms with Crippen LogP contribution in [0.2, 0.25) is 0 Å². The molecule has 1 aromatic carbocycles. The number of nitriles is 1. The Morgan fingerprint density at radius 1 is 1.24 bits per heavy atom. The number of aromatic nitrogens is 3. The van der Waals surface area contributed by atoms with Crippen LogP contribution in [0.25, 0.3) is 11.0 Å². The quantitative estimate of drug-likeness (QED) is 0.487. The van der Waals surface area contributed by atoms with Crippen LogP contribution in [0, 0.1) is 11.3 Å². The Kier molecular flexibility index (Phi) is 4.96. The minimum atomic E-state index is -1.34. The Labute approximate surface area is 164 Å². The van der Waals surface area contributed by atoms with E-state index in [9.17, 15) is 25.4 Å². The van der Waals surface area contributed by atoms with E-state index in [1.807, 2.05) is 6.07 Å². The second-order valence-corrected chi connectivity index (χ2v) is 6.53. The number of amides is 1. The molecule has 29 heavy (non-hydrogen) atoms. The van der Waals surface area contributed by atoms with Crippen LogP contribution in [-0.4, -0.2) is 60.7 Å². The number of hydrogen-bond donors (Lipinski definition) is 4. The summed E-state index contributed by atoms with van der Waals surface area (Å²) >= 11 is 0. The minimum absolute atomic E-state index is 0.130. The van der Waals surface area contributed by atoms with Crippen LogP contribution in [0.15, 0.2) is 42.9 Å². The number of benzene rings is 1. The number of anilines is 1. The lowest BCUT2D eigenvalue weighted by molar-refractivity contribution is -0.0508. The highest BCUT2D eigenvalue weighted by Crippen LogP contribution is 2.34. The second kappa shape index (κ2) is 7.57. The maximum Gasteiger partial charge on any atom is 0.256 e. The van der Waals surface area contributed by atoms with Crippen molar-refractivity contribution in [1.82, 2.24) is 14.5 Å². The Bertz CT molecular complexity index is 1090. The van der Waals surface area contributed by atoms with Crippen molar-refractivity contribution in [3.8, 4) is 6.07 Å². The summed E-state index contributed by atoms with van der Waals surface area (Å²) in [5.74, 6) is -0.277. The van der Waals surface area contributed by atoms with E-state index in [1.165, 1.54) is 17.1 Å². The van der Waals surface area contributed by atoms with Crippen LogP contribution >= 0.6 is 0 Å². The molecule has 2 aromatic heterocycles. The van der Waals surface area contributed by atoms with Crippen LogP contribution in [-0.2, 0) is 4.74 Å². The third-order valence-electron chi connectivity index (χ3n) is 4.79. The van der Waals surface area contributed by atoms with Gasteiger partial charge in [0.05, 0.1) is 17.6 Å². The molecule has 10 nitrogen and oxygen atoms in total. The van der Waals surface area contributed by atoms with Crippen LogP contribution in [0.3, 0.4) is 0 Å². The highest BCUT2D eigenvalue weighted by Gasteiger charge is 2.44. The van der Waals surface area contributed by atoms with Crippen LogP contribution in [0.1, 0.15) is 22.1 Å². The molecule has 1 saturated heterocycles. The molecule has 4 N–H and O–H groups in total. The van der Waals surface area contributed by atoms with E-state index in [0.29, 0.717) is 5.56 Å². The molecule has 0 aliphatic carbocycles. The molecule has 148 valence electrons. The number of aliphatic hydroxyl groups is 3. The summed E-state index contributed by atoms with van der Waals surface area (Å²) < 4.78 is 6.92. The van der Waals surface area contributed by atoms with Gasteiger partial charge in [-0.15, -0.1) is 0 Å². The van der Waals surface area contributed by atoms with Gasteiger partial charge in [-0.2, -0.15) is 5.26 Å². The number of ether oxygens (including phenoxy) is 1. The molecule has 4 atom stereocenters. The third kappa shape index (κ3) is 3.22. The molecule has 1 aliphatic heterocycles. The summed E-state index contributed by atoms with van der Waals surface area (Å²) in [5, 5.41) is 42.1. The second-order valence-electron chi connectivity index (χ2n) is 6.53. The van der Waals surface area contributed by atoms with Crippen molar-refractivity contribution in [2.45, 2.75) is 24.5 Å². The molecule has 0 bridgehead atoms. The predicted octanol–water partition coefficient (Wildman–Crippen LogP) is 0.167. The Morgan fingerprint density at radius 2 is 2.00 bits per heavy atom. The molecule has 4 rings (SSSR count). The van der Waals surface area contributed by atoms with E-state index < -0.39 is 37.1 Å². The molecule has 0 saturated carbocycles. The van der Waals surface area contributed by atoms with Crippen LogP contribution in [0.4, 0.5) is 5.82 Å². The van der Waals surface area contributed by atoms with Crippen LogP contribution < -0.4 is 5.32 Å². The van der Waals surface area contributed by atoms with Crippen molar-refractivity contribution in [2.75, 3.05) is 11.9 Å². The van der Waals surface area contributed by atoms with Gasteiger partial charge in [0, 0.05) is 11.8 Å². The molecule has 1 amide bonds. The molecule has 3 heterocycles. The van der Waals surface area contributed by atoms with Crippen molar-refractivity contribution in [3.63, 3.8) is 0 Å². The number of hydrogen-bond acceptors (Lipinski definition) is 8. The van der Waals surface area contributed by atoms with Gasteiger partial charge in [0.1, 0.15) is 42.2 Å². The average Bonchev–Trinajstić information content (AvgIpc) is 3.26. The van der Waals surface area contributed by atoms with Crippen molar-refractivity contribution in [1.29, 1.82) is 5.26 Å². The van der Waals surface area contributed by atoms with Gasteiger partial charge in [-0.25, -0.2) is 9.97 Å². The van der Waals surface area contributed by atoms with Gasteiger partial charge in [0.2, 0.25) is 0 Å². The number of nitrogens with zero attached hydrogens (tertiary/aromatic N) is 4. The maximum absolute atomic E-state index is 12.5. The number of carbonyl (C=O) groups excluding carboxylic acids is 1. The molecule has 0 spiro atoms. The van der Waals surface area contributed by atoms with E-state index in [1.54, 1.807) is 30.3 Å². The third-order valence-corrected chi connectivity index (χ3v) is 4.79. The summed E-state index contributed by atoms with van der Waals surface area (Å²) in [7, 11) is 0. The Hall–Kier alpha value is -3.36. The molecular formula is C19H17N5O5. The number of fused-ring (bicyclic) bond motifs is 1. The van der Waals surface area contributed by atoms with E-state index in [-0.39, 0.29) is 22.4 Å². The van der Waals surface area contributed by atoms with Crippen molar-refractivity contribution < 1.29 is 24.9 Å². The van der Waals surface area contributed by atoms with Crippen molar-refractivity contribution in [3.05, 3.63) is 54.0 Å². The molecule has 1 aliphatic rings. The minimum Gasteiger partial charge on any atom is -0.394 e. The maximum atomic E-state index is 12.5. The lowest BCUT2D eigenvalue weighted by Gasteiger charge is -2.17. The summed E-state index contributed by atoms with van der Waals surface area (Å²) in [5.41, 5.74) is 0.803. The highest BCUT2D eigenvalue weighted by molar-refractivity contribution is 6.08. The number of aliphatic hydroxyl groups excluding tert-OH is 3. The highest BCUT2D eigenvalue weighted by atomic mass is 16.6. The summed E-state index contributed by atoms with van der Waals surface area (Å²) in [6.07, 6.45) is -2.07. The SMILES string of the molecule is N#Cc1cn([C@@H]2O[C@@H](CO)[C@@H](O)[C@H]2O)c2ncnc(NC(=O)c3ccccc3)c12. The molecular weight excluding hydrogens is 378 g/mol. The topological polar surface area (TPSA) is 154 Å². The van der Waals surface area contributed by atoms with Crippen LogP contribution in [0.5, 0.6) is 0 Å². The van der Waals surface area contributed by atoms with Crippen molar-refractivity contribution >= 4 is 22.8 Å². The molecule has 0 radical (unpaired) electrons. The zero-order valence-electron chi connectivity index (χ0n) is 15.0. The van der Waals surface area contributed by atoms with E-state index in [2.05, 4.69) is 15.3 Å². The van der Waals surface area contributed by atoms with Gasteiger partial charge >= 0.3 is 0 Å². The zero-order valence-corrected chi connectivity index (χ0v) is 15.0. The fourth-order valence-electron chi connectivity index (χ4n) is 3.34. The van der Waals surface area contributed by atoms with Crippen molar-refractivity contribution in [2.24, 2.45) is 0 Å². The largest absolute Gasteiger partial charge is 0.394 e. The monoisotopic (exact) mass is 395 g/mol. The van der Waals surface area contributed by atoms with E-state index in [4.69, 9.17) is 4.74 Å². The standard InChI is InChI=1S/C19H17N5O5/c20-6-11-7-24(19-15(27)14(26)12(8-25)29-19)17-13(11)16(21-9-22-17)23-18(28)10-4-2-1-3-5-10/h1-5,7,9,12,14-15,19,25-27H,8H2,(H,21,22,23,28)/t12-,14+,15+,19+/m0/s1. The molecule has 1 fully saturated rings. The number of rotatable bonds is 4. The summed E-state index contributed by atoms with van der Waals surface area (Å²) in [6.45, 7) is -0.480. The van der Waals surface area contributed by atoms with E-state index in [0.717, 1.165) is 0 Å². The zero-order chi connectivity index (χ0) is 20.5.